The summed E-state index contributed by atoms with van der Waals surface area (Å²) in [6, 6.07) is 1.83. The van der Waals surface area contributed by atoms with Crippen molar-refractivity contribution in [1.29, 1.82) is 0 Å². The van der Waals surface area contributed by atoms with Crippen LogP contribution in [0.25, 0.3) is 0 Å². The largest absolute Gasteiger partial charge is 0.448 e. The first-order valence-electron chi connectivity index (χ1n) is 7.19. The standard InChI is InChI=1S/C13H16N2O10S3/c1-8(17)14-27(21,22)11-4-5-12(26(19,20)10(3)25-7-16)13(6-11)28(23,24)15-9(2)18/h4-7,10H,1-3H3,(H,14,17)(H,15,18). The van der Waals surface area contributed by atoms with E-state index < -0.39 is 61.8 Å². The fourth-order valence-electron chi connectivity index (χ4n) is 1.92. The molecule has 0 spiro atoms. The maximum atomic E-state index is 12.5. The summed E-state index contributed by atoms with van der Waals surface area (Å²) in [5.41, 5.74) is -1.81. The number of sulfonamides is 2. The Kier molecular flexibility index (Phi) is 6.92. The highest BCUT2D eigenvalue weighted by atomic mass is 32.2. The molecule has 0 bridgehead atoms. The number of benzene rings is 1. The zero-order valence-electron chi connectivity index (χ0n) is 14.7. The molecular formula is C13H16N2O10S3. The first kappa shape index (κ1) is 23.5. The summed E-state index contributed by atoms with van der Waals surface area (Å²) in [6.07, 6.45) is 0. The zero-order chi connectivity index (χ0) is 21.9. The van der Waals surface area contributed by atoms with Crippen molar-refractivity contribution in [1.82, 2.24) is 9.44 Å². The summed E-state index contributed by atoms with van der Waals surface area (Å²) >= 11 is 0. The molecule has 0 fully saturated rings. The van der Waals surface area contributed by atoms with Gasteiger partial charge in [0.2, 0.25) is 27.1 Å². The molecule has 1 aromatic rings. The molecule has 0 saturated carbocycles. The molecule has 1 rings (SSSR count). The molecular weight excluding hydrogens is 440 g/mol. The van der Waals surface area contributed by atoms with Crippen molar-refractivity contribution in [2.75, 3.05) is 0 Å². The number of nitrogens with one attached hydrogen (secondary N) is 2. The van der Waals surface area contributed by atoms with Crippen LogP contribution in [0.1, 0.15) is 20.8 Å². The van der Waals surface area contributed by atoms with Crippen LogP contribution in [-0.2, 0) is 49.0 Å². The Labute approximate surface area is 161 Å². The second-order valence-corrected chi connectivity index (χ2v) is 10.8. The molecule has 1 atom stereocenters. The fraction of sp³-hybridized carbons (Fsp3) is 0.308. The first-order valence-corrected chi connectivity index (χ1v) is 11.7. The van der Waals surface area contributed by atoms with Gasteiger partial charge in [-0.3, -0.25) is 14.4 Å². The van der Waals surface area contributed by atoms with Crippen LogP contribution < -0.4 is 9.44 Å². The highest BCUT2D eigenvalue weighted by Crippen LogP contribution is 2.27. The van der Waals surface area contributed by atoms with Crippen molar-refractivity contribution in [3.63, 3.8) is 0 Å². The summed E-state index contributed by atoms with van der Waals surface area (Å²) in [4.78, 5) is 29.9. The Hall–Kier alpha value is -2.52. The molecule has 156 valence electrons. The van der Waals surface area contributed by atoms with Gasteiger partial charge in [0.15, 0.2) is 0 Å². The normalized spacial score (nSPS) is 13.2. The van der Waals surface area contributed by atoms with Crippen molar-refractivity contribution in [2.45, 2.75) is 40.9 Å². The summed E-state index contributed by atoms with van der Waals surface area (Å²) < 4.78 is 81.5. The van der Waals surface area contributed by atoms with Gasteiger partial charge in [-0.1, -0.05) is 0 Å². The Morgan fingerprint density at radius 1 is 0.929 bits per heavy atom. The molecule has 28 heavy (non-hydrogen) atoms. The van der Waals surface area contributed by atoms with Crippen LogP contribution in [0.5, 0.6) is 0 Å². The van der Waals surface area contributed by atoms with E-state index in [4.69, 9.17) is 0 Å². The van der Waals surface area contributed by atoms with Crippen LogP contribution in [0.4, 0.5) is 0 Å². The van der Waals surface area contributed by atoms with Crippen LogP contribution >= 0.6 is 0 Å². The van der Waals surface area contributed by atoms with Crippen molar-refractivity contribution in [3.8, 4) is 0 Å². The molecule has 0 aliphatic heterocycles. The van der Waals surface area contributed by atoms with Gasteiger partial charge >= 0.3 is 0 Å². The Bertz CT molecular complexity index is 1120. The SMILES string of the molecule is CC(=O)NS(=O)(=O)c1ccc(S(=O)(=O)C(C)OC=O)c(S(=O)(=O)NC(C)=O)c1. The van der Waals surface area contributed by atoms with Gasteiger partial charge in [-0.15, -0.1) is 0 Å². The predicted octanol–water partition coefficient (Wildman–Crippen LogP) is -1.37. The lowest BCUT2D eigenvalue weighted by Crippen LogP contribution is -2.32. The van der Waals surface area contributed by atoms with Crippen molar-refractivity contribution in [3.05, 3.63) is 18.2 Å². The van der Waals surface area contributed by atoms with Gasteiger partial charge in [-0.25, -0.2) is 34.7 Å². The van der Waals surface area contributed by atoms with Gasteiger partial charge in [-0.2, -0.15) is 0 Å². The number of sulfone groups is 1. The summed E-state index contributed by atoms with van der Waals surface area (Å²) in [5, 5.41) is 0. The smallest absolute Gasteiger partial charge is 0.294 e. The summed E-state index contributed by atoms with van der Waals surface area (Å²) in [5.74, 6) is -2.05. The van der Waals surface area contributed by atoms with E-state index in [-0.39, 0.29) is 6.47 Å². The monoisotopic (exact) mass is 456 g/mol. The highest BCUT2D eigenvalue weighted by Gasteiger charge is 2.34. The van der Waals surface area contributed by atoms with E-state index in [0.717, 1.165) is 26.8 Å². The van der Waals surface area contributed by atoms with Crippen LogP contribution in [-0.4, -0.2) is 49.0 Å². The van der Waals surface area contributed by atoms with E-state index in [1.165, 1.54) is 4.72 Å². The third-order valence-corrected chi connectivity index (χ3v) is 8.05. The Morgan fingerprint density at radius 3 is 1.89 bits per heavy atom. The van der Waals surface area contributed by atoms with Crippen molar-refractivity contribution in [2.24, 2.45) is 0 Å². The molecule has 1 aromatic carbocycles. The minimum absolute atomic E-state index is 0.167. The Balaban J connectivity index is 3.83. The van der Waals surface area contributed by atoms with Gasteiger partial charge in [0.25, 0.3) is 26.5 Å². The van der Waals surface area contributed by atoms with Gasteiger partial charge < -0.3 is 4.74 Å². The molecule has 0 heterocycles. The van der Waals surface area contributed by atoms with Crippen molar-refractivity contribution >= 4 is 48.2 Å². The minimum Gasteiger partial charge on any atom is -0.448 e. The summed E-state index contributed by atoms with van der Waals surface area (Å²) in [6.45, 7) is 2.51. The molecule has 0 radical (unpaired) electrons. The number of rotatable bonds is 8. The lowest BCUT2D eigenvalue weighted by molar-refractivity contribution is -0.129. The number of hydrogen-bond donors (Lipinski definition) is 2. The topological polar surface area (TPSA) is 187 Å². The Morgan fingerprint density at radius 2 is 1.43 bits per heavy atom. The molecule has 15 heteroatoms. The third-order valence-electron chi connectivity index (χ3n) is 3.06. The molecule has 2 N–H and O–H groups in total. The van der Waals surface area contributed by atoms with E-state index in [1.807, 2.05) is 0 Å². The maximum absolute atomic E-state index is 12.5. The zero-order valence-corrected chi connectivity index (χ0v) is 17.1. The van der Waals surface area contributed by atoms with Gasteiger partial charge in [-0.05, 0) is 25.1 Å². The molecule has 12 nitrogen and oxygen atoms in total. The van der Waals surface area contributed by atoms with E-state index in [2.05, 4.69) is 4.74 Å². The lowest BCUT2D eigenvalue weighted by atomic mass is 10.4. The predicted molar refractivity (Wildman–Crippen MR) is 92.2 cm³/mol. The highest BCUT2D eigenvalue weighted by molar-refractivity contribution is 7.94. The fourth-order valence-corrected chi connectivity index (χ4v) is 5.94. The number of amides is 2. The third kappa shape index (κ3) is 5.26. The first-order chi connectivity index (χ1) is 12.6. The number of hydrogen-bond acceptors (Lipinski definition) is 10. The van der Waals surface area contributed by atoms with Gasteiger partial charge in [0.05, 0.1) is 9.79 Å². The van der Waals surface area contributed by atoms with Gasteiger partial charge in [0.1, 0.15) is 4.90 Å². The average Bonchev–Trinajstić information content (AvgIpc) is 2.52. The lowest BCUT2D eigenvalue weighted by Gasteiger charge is -2.16. The van der Waals surface area contributed by atoms with E-state index in [9.17, 15) is 39.6 Å². The molecule has 0 aliphatic carbocycles. The second kappa shape index (κ2) is 8.24. The van der Waals surface area contributed by atoms with Crippen LogP contribution in [0.2, 0.25) is 0 Å². The number of carbonyl (C=O) groups is 3. The van der Waals surface area contributed by atoms with E-state index >= 15 is 0 Å². The van der Waals surface area contributed by atoms with Crippen LogP contribution in [0.3, 0.4) is 0 Å². The second-order valence-electron chi connectivity index (χ2n) is 5.28. The molecule has 0 aromatic heterocycles. The maximum Gasteiger partial charge on any atom is 0.294 e. The molecule has 0 aliphatic rings. The minimum atomic E-state index is -4.83. The van der Waals surface area contributed by atoms with E-state index in [0.29, 0.717) is 12.1 Å². The number of carbonyl (C=O) groups excluding carboxylic acids is 3. The van der Waals surface area contributed by atoms with Crippen LogP contribution in [0.15, 0.2) is 32.9 Å². The number of ether oxygens (including phenoxy) is 1. The molecule has 1 unspecified atom stereocenters. The van der Waals surface area contributed by atoms with E-state index in [1.54, 1.807) is 4.72 Å². The van der Waals surface area contributed by atoms with Gasteiger partial charge in [0, 0.05) is 13.8 Å². The quantitative estimate of drug-likeness (QED) is 0.442. The molecule has 2 amide bonds. The average molecular weight is 456 g/mol. The molecule has 0 saturated heterocycles. The van der Waals surface area contributed by atoms with Crippen LogP contribution in [0, 0.1) is 0 Å². The summed E-state index contributed by atoms with van der Waals surface area (Å²) in [7, 11) is -14.0. The van der Waals surface area contributed by atoms with Crippen molar-refractivity contribution < 1.29 is 44.4 Å².